The van der Waals surface area contributed by atoms with Crippen LogP contribution in [0.3, 0.4) is 0 Å². The first kappa shape index (κ1) is 15.2. The maximum absolute atomic E-state index is 11.6. The van der Waals surface area contributed by atoms with Gasteiger partial charge in [0.05, 0.1) is 11.3 Å². The van der Waals surface area contributed by atoms with Crippen molar-refractivity contribution in [1.29, 1.82) is 0 Å². The van der Waals surface area contributed by atoms with E-state index < -0.39 is 5.97 Å². The number of carboxylic acid groups (broad SMARTS) is 1. The SMILES string of the molecule is CCCC1CCN(c2cccc(SC)c2C(=O)O)CC1. The van der Waals surface area contributed by atoms with E-state index in [0.29, 0.717) is 5.56 Å². The van der Waals surface area contributed by atoms with Crippen molar-refractivity contribution < 1.29 is 9.90 Å². The van der Waals surface area contributed by atoms with Gasteiger partial charge in [0.1, 0.15) is 0 Å². The zero-order valence-corrected chi connectivity index (χ0v) is 13.1. The summed E-state index contributed by atoms with van der Waals surface area (Å²) in [7, 11) is 0. The lowest BCUT2D eigenvalue weighted by atomic mass is 9.92. The summed E-state index contributed by atoms with van der Waals surface area (Å²) in [5.41, 5.74) is 1.35. The second-order valence-electron chi connectivity index (χ2n) is 5.38. The third-order valence-corrected chi connectivity index (χ3v) is 4.87. The Bertz CT molecular complexity index is 468. The summed E-state index contributed by atoms with van der Waals surface area (Å²) in [6, 6.07) is 5.80. The largest absolute Gasteiger partial charge is 0.478 e. The van der Waals surface area contributed by atoms with Crippen molar-refractivity contribution in [2.75, 3.05) is 24.2 Å². The molecular weight excluding hydrogens is 270 g/mol. The number of carboxylic acids is 1. The van der Waals surface area contributed by atoms with Crippen LogP contribution < -0.4 is 4.90 Å². The van der Waals surface area contributed by atoms with Gasteiger partial charge in [-0.05, 0) is 37.1 Å². The van der Waals surface area contributed by atoms with Crippen LogP contribution in [-0.2, 0) is 0 Å². The summed E-state index contributed by atoms with van der Waals surface area (Å²) < 4.78 is 0. The molecule has 1 fully saturated rings. The highest BCUT2D eigenvalue weighted by atomic mass is 32.2. The van der Waals surface area contributed by atoms with Crippen molar-refractivity contribution in [3.63, 3.8) is 0 Å². The maximum Gasteiger partial charge on any atom is 0.338 e. The lowest BCUT2D eigenvalue weighted by Crippen LogP contribution is -2.34. The zero-order valence-electron chi connectivity index (χ0n) is 12.3. The molecule has 1 N–H and O–H groups in total. The van der Waals surface area contributed by atoms with E-state index in [0.717, 1.165) is 29.6 Å². The average molecular weight is 293 g/mol. The molecule has 1 saturated heterocycles. The average Bonchev–Trinajstić information content (AvgIpc) is 2.47. The van der Waals surface area contributed by atoms with Crippen LogP contribution in [-0.4, -0.2) is 30.4 Å². The monoisotopic (exact) mass is 293 g/mol. The van der Waals surface area contributed by atoms with Crippen molar-refractivity contribution in [1.82, 2.24) is 0 Å². The van der Waals surface area contributed by atoms with Gasteiger partial charge in [-0.3, -0.25) is 0 Å². The van der Waals surface area contributed by atoms with E-state index in [2.05, 4.69) is 11.8 Å². The Morgan fingerprint density at radius 1 is 1.40 bits per heavy atom. The molecule has 0 aliphatic carbocycles. The lowest BCUT2D eigenvalue weighted by Gasteiger charge is -2.34. The minimum Gasteiger partial charge on any atom is -0.478 e. The Hall–Kier alpha value is -1.16. The number of thioether (sulfide) groups is 1. The summed E-state index contributed by atoms with van der Waals surface area (Å²) in [6.07, 6.45) is 6.82. The number of carbonyl (C=O) groups is 1. The van der Waals surface area contributed by atoms with Crippen LogP contribution in [0.15, 0.2) is 23.1 Å². The second kappa shape index (κ2) is 7.02. The number of piperidine rings is 1. The molecule has 3 nitrogen and oxygen atoms in total. The third-order valence-electron chi connectivity index (χ3n) is 4.09. The summed E-state index contributed by atoms with van der Waals surface area (Å²) in [4.78, 5) is 14.7. The standard InChI is InChI=1S/C16H23NO2S/c1-3-5-12-8-10-17(11-9-12)13-6-4-7-14(20-2)15(13)16(18)19/h4,6-7,12H,3,5,8-11H2,1-2H3,(H,18,19). The Kier molecular flexibility index (Phi) is 5.35. The number of nitrogens with zero attached hydrogens (tertiary/aromatic N) is 1. The highest BCUT2D eigenvalue weighted by Gasteiger charge is 2.23. The molecule has 0 aromatic heterocycles. The van der Waals surface area contributed by atoms with Crippen molar-refractivity contribution in [3.05, 3.63) is 23.8 Å². The van der Waals surface area contributed by atoms with E-state index >= 15 is 0 Å². The van der Waals surface area contributed by atoms with Crippen LogP contribution in [0, 0.1) is 5.92 Å². The molecule has 4 heteroatoms. The predicted molar refractivity (Wildman–Crippen MR) is 85.0 cm³/mol. The van der Waals surface area contributed by atoms with E-state index in [9.17, 15) is 9.90 Å². The number of hydrogen-bond acceptors (Lipinski definition) is 3. The molecule has 0 atom stereocenters. The quantitative estimate of drug-likeness (QED) is 0.829. The molecule has 1 aromatic carbocycles. The van der Waals surface area contributed by atoms with Gasteiger partial charge in [-0.15, -0.1) is 11.8 Å². The number of aromatic carboxylic acids is 1. The van der Waals surface area contributed by atoms with Crippen LogP contribution in [0.5, 0.6) is 0 Å². The van der Waals surface area contributed by atoms with Gasteiger partial charge in [0.2, 0.25) is 0 Å². The highest BCUT2D eigenvalue weighted by Crippen LogP contribution is 2.33. The number of hydrogen-bond donors (Lipinski definition) is 1. The molecule has 0 saturated carbocycles. The van der Waals surface area contributed by atoms with Gasteiger partial charge >= 0.3 is 5.97 Å². The van der Waals surface area contributed by atoms with E-state index in [4.69, 9.17) is 0 Å². The van der Waals surface area contributed by atoms with Gasteiger partial charge < -0.3 is 10.0 Å². The van der Waals surface area contributed by atoms with E-state index in [-0.39, 0.29) is 0 Å². The number of anilines is 1. The first-order valence-electron chi connectivity index (χ1n) is 7.32. The molecule has 1 aliphatic heterocycles. The first-order chi connectivity index (χ1) is 9.67. The number of benzene rings is 1. The molecule has 110 valence electrons. The van der Waals surface area contributed by atoms with Gasteiger partial charge in [0.15, 0.2) is 0 Å². The minimum atomic E-state index is -0.819. The van der Waals surface area contributed by atoms with Crippen molar-refractivity contribution in [2.45, 2.75) is 37.5 Å². The maximum atomic E-state index is 11.6. The normalized spacial score (nSPS) is 16.4. The topological polar surface area (TPSA) is 40.5 Å². The molecule has 0 bridgehead atoms. The molecule has 1 aliphatic rings. The minimum absolute atomic E-state index is 0.467. The second-order valence-corrected chi connectivity index (χ2v) is 6.23. The van der Waals surface area contributed by atoms with E-state index in [1.807, 2.05) is 24.5 Å². The first-order valence-corrected chi connectivity index (χ1v) is 8.55. The molecule has 0 unspecified atom stereocenters. The molecule has 20 heavy (non-hydrogen) atoms. The smallest absolute Gasteiger partial charge is 0.338 e. The van der Waals surface area contributed by atoms with E-state index in [1.165, 1.54) is 37.4 Å². The van der Waals surface area contributed by atoms with Crippen LogP contribution in [0.2, 0.25) is 0 Å². The van der Waals surface area contributed by atoms with E-state index in [1.54, 1.807) is 0 Å². The van der Waals surface area contributed by atoms with Crippen LogP contribution in [0.4, 0.5) is 5.69 Å². The molecule has 1 heterocycles. The van der Waals surface area contributed by atoms with Gasteiger partial charge in [0.25, 0.3) is 0 Å². The molecular formula is C16H23NO2S. The lowest BCUT2D eigenvalue weighted by molar-refractivity contribution is 0.0693. The van der Waals surface area contributed by atoms with Crippen LogP contribution >= 0.6 is 11.8 Å². The fourth-order valence-corrected chi connectivity index (χ4v) is 3.65. The Morgan fingerprint density at radius 3 is 2.65 bits per heavy atom. The number of rotatable bonds is 5. The van der Waals surface area contributed by atoms with Gasteiger partial charge in [-0.2, -0.15) is 0 Å². The molecule has 0 spiro atoms. The van der Waals surface area contributed by atoms with Gasteiger partial charge in [-0.25, -0.2) is 4.79 Å². The predicted octanol–water partition coefficient (Wildman–Crippen LogP) is 4.12. The zero-order chi connectivity index (χ0) is 14.5. The molecule has 0 radical (unpaired) electrons. The Morgan fingerprint density at radius 2 is 2.10 bits per heavy atom. The van der Waals surface area contributed by atoms with Crippen LogP contribution in [0.1, 0.15) is 43.0 Å². The summed E-state index contributed by atoms with van der Waals surface area (Å²) in [5, 5.41) is 9.50. The van der Waals surface area contributed by atoms with Crippen molar-refractivity contribution in [2.24, 2.45) is 5.92 Å². The third kappa shape index (κ3) is 3.29. The summed E-state index contributed by atoms with van der Waals surface area (Å²) in [6.45, 7) is 4.18. The summed E-state index contributed by atoms with van der Waals surface area (Å²) in [5.74, 6) is -0.00566. The van der Waals surface area contributed by atoms with Crippen LogP contribution in [0.25, 0.3) is 0 Å². The fourth-order valence-electron chi connectivity index (χ4n) is 3.04. The van der Waals surface area contributed by atoms with Crippen molar-refractivity contribution in [3.8, 4) is 0 Å². The highest BCUT2D eigenvalue weighted by molar-refractivity contribution is 7.98. The van der Waals surface area contributed by atoms with Gasteiger partial charge in [-0.1, -0.05) is 25.8 Å². The fraction of sp³-hybridized carbons (Fsp3) is 0.562. The van der Waals surface area contributed by atoms with Crippen molar-refractivity contribution >= 4 is 23.4 Å². The summed E-state index contributed by atoms with van der Waals surface area (Å²) >= 11 is 1.50. The molecule has 0 amide bonds. The molecule has 1 aromatic rings. The Labute approximate surface area is 125 Å². The Balaban J connectivity index is 2.19. The molecule has 2 rings (SSSR count). The van der Waals surface area contributed by atoms with Gasteiger partial charge in [0, 0.05) is 18.0 Å².